The Morgan fingerprint density at radius 2 is 1.31 bits per heavy atom. The lowest BCUT2D eigenvalue weighted by molar-refractivity contribution is -0.288. The molecule has 0 aromatic rings. The van der Waals surface area contributed by atoms with E-state index in [4.69, 9.17) is 18.9 Å². The normalized spacial score (nSPS) is 47.4. The van der Waals surface area contributed by atoms with Crippen LogP contribution in [0.15, 0.2) is 0 Å². The molecule has 8 bridgehead atoms. The van der Waals surface area contributed by atoms with Gasteiger partial charge >= 0.3 is 17.9 Å². The highest BCUT2D eigenvalue weighted by Gasteiger charge is 2.69. The van der Waals surface area contributed by atoms with Crippen LogP contribution in [-0.2, 0) is 33.3 Å². The monoisotopic (exact) mass is 626 g/mol. The third-order valence-electron chi connectivity index (χ3n) is 14.7. The number of hydrogen-bond acceptors (Lipinski definition) is 7. The Morgan fingerprint density at radius 1 is 0.800 bits per heavy atom. The van der Waals surface area contributed by atoms with Gasteiger partial charge in [-0.15, -0.1) is 0 Å². The van der Waals surface area contributed by atoms with E-state index in [0.29, 0.717) is 36.0 Å². The molecule has 7 nitrogen and oxygen atoms in total. The molecule has 252 valence electrons. The second kappa shape index (κ2) is 10.4. The van der Waals surface area contributed by atoms with Gasteiger partial charge in [0.1, 0.15) is 5.60 Å². The molecule has 9 aliphatic rings. The molecule has 1 saturated heterocycles. The van der Waals surface area contributed by atoms with E-state index in [1.165, 1.54) is 32.8 Å². The molecule has 7 heteroatoms. The fourth-order valence-electron chi connectivity index (χ4n) is 13.3. The van der Waals surface area contributed by atoms with Gasteiger partial charge in [0.2, 0.25) is 5.79 Å². The average molecular weight is 627 g/mol. The molecular weight excluding hydrogens is 568 g/mol. The van der Waals surface area contributed by atoms with E-state index >= 15 is 0 Å². The Bertz CT molecular complexity index is 1170. The lowest BCUT2D eigenvalue weighted by Gasteiger charge is -2.61. The van der Waals surface area contributed by atoms with E-state index in [1.54, 1.807) is 0 Å². The number of cyclic esters (lactones) is 1. The van der Waals surface area contributed by atoms with Crippen LogP contribution in [0.3, 0.4) is 0 Å². The quantitative estimate of drug-likeness (QED) is 0.181. The van der Waals surface area contributed by atoms with Crippen LogP contribution in [-0.4, -0.2) is 42.0 Å². The van der Waals surface area contributed by atoms with Crippen molar-refractivity contribution in [3.05, 3.63) is 0 Å². The third-order valence-corrected chi connectivity index (χ3v) is 14.7. The summed E-state index contributed by atoms with van der Waals surface area (Å²) >= 11 is 0. The van der Waals surface area contributed by atoms with Crippen LogP contribution in [0.5, 0.6) is 0 Å². The number of hydrogen-bond donors (Lipinski definition) is 0. The van der Waals surface area contributed by atoms with Gasteiger partial charge in [-0.3, -0.25) is 9.59 Å². The van der Waals surface area contributed by atoms with E-state index in [-0.39, 0.29) is 36.2 Å². The lowest BCUT2D eigenvalue weighted by atomic mass is 9.47. The molecule has 8 saturated carbocycles. The predicted octanol–water partition coefficient (Wildman–Crippen LogP) is 7.78. The Balaban J connectivity index is 1.21. The maximum Gasteiger partial charge on any atom is 0.341 e. The summed E-state index contributed by atoms with van der Waals surface area (Å²) in [6, 6.07) is 0. The molecule has 8 aliphatic carbocycles. The summed E-state index contributed by atoms with van der Waals surface area (Å²) in [6.45, 7) is 11.7. The largest absolute Gasteiger partial charge is 0.469 e. The van der Waals surface area contributed by atoms with Gasteiger partial charge in [0.15, 0.2) is 5.60 Å². The van der Waals surface area contributed by atoms with Crippen molar-refractivity contribution in [2.24, 2.45) is 57.7 Å². The third kappa shape index (κ3) is 4.77. The smallest absolute Gasteiger partial charge is 0.341 e. The first-order valence-electron chi connectivity index (χ1n) is 18.4. The summed E-state index contributed by atoms with van der Waals surface area (Å²) in [4.78, 5) is 42.1. The molecule has 3 unspecified atom stereocenters. The summed E-state index contributed by atoms with van der Waals surface area (Å²) in [5, 5.41) is 0. The zero-order chi connectivity index (χ0) is 32.2. The van der Waals surface area contributed by atoms with Crippen molar-refractivity contribution in [1.82, 2.24) is 0 Å². The van der Waals surface area contributed by atoms with E-state index < -0.39 is 27.8 Å². The Hall–Kier alpha value is -1.63. The van der Waals surface area contributed by atoms with Gasteiger partial charge in [0, 0.05) is 18.8 Å². The van der Waals surface area contributed by atoms with Crippen molar-refractivity contribution in [3.63, 3.8) is 0 Å². The molecule has 3 atom stereocenters. The first kappa shape index (κ1) is 31.9. The minimum Gasteiger partial charge on any atom is -0.469 e. The van der Waals surface area contributed by atoms with Crippen LogP contribution in [0.1, 0.15) is 138 Å². The van der Waals surface area contributed by atoms with Gasteiger partial charge < -0.3 is 18.9 Å². The molecule has 0 aromatic carbocycles. The van der Waals surface area contributed by atoms with Crippen LogP contribution in [0, 0.1) is 57.7 Å². The summed E-state index contributed by atoms with van der Waals surface area (Å²) in [5.41, 5.74) is -4.08. The van der Waals surface area contributed by atoms with Gasteiger partial charge in [-0.05, 0) is 152 Å². The number of methoxy groups -OCH3 is 1. The number of carbonyl (C=O) groups is 3. The van der Waals surface area contributed by atoms with Gasteiger partial charge in [-0.1, -0.05) is 13.8 Å². The van der Waals surface area contributed by atoms with E-state index in [0.717, 1.165) is 63.2 Å². The second-order valence-electron chi connectivity index (χ2n) is 18.3. The highest BCUT2D eigenvalue weighted by molar-refractivity contribution is 5.85. The van der Waals surface area contributed by atoms with Crippen LogP contribution < -0.4 is 0 Å². The van der Waals surface area contributed by atoms with Crippen molar-refractivity contribution in [3.8, 4) is 0 Å². The van der Waals surface area contributed by atoms with Crippen molar-refractivity contribution >= 4 is 17.9 Å². The summed E-state index contributed by atoms with van der Waals surface area (Å²) in [6.07, 6.45) is 14.4. The summed E-state index contributed by atoms with van der Waals surface area (Å²) < 4.78 is 25.6. The molecule has 0 amide bonds. The molecule has 9 rings (SSSR count). The van der Waals surface area contributed by atoms with Gasteiger partial charge in [-0.2, -0.15) is 0 Å². The molecular formula is C38H58O7. The van der Waals surface area contributed by atoms with Crippen LogP contribution >= 0.6 is 0 Å². The molecule has 0 spiro atoms. The predicted molar refractivity (Wildman–Crippen MR) is 169 cm³/mol. The Kier molecular flexibility index (Phi) is 7.41. The van der Waals surface area contributed by atoms with Gasteiger partial charge in [0.05, 0.1) is 17.9 Å². The average Bonchev–Trinajstić information content (AvgIpc) is 3.23. The summed E-state index contributed by atoms with van der Waals surface area (Å²) in [7, 11) is 1.39. The van der Waals surface area contributed by atoms with Crippen molar-refractivity contribution in [2.45, 2.75) is 155 Å². The minimum absolute atomic E-state index is 0.122. The minimum atomic E-state index is -1.29. The zero-order valence-electron chi connectivity index (χ0n) is 29.0. The highest BCUT2D eigenvalue weighted by atomic mass is 16.8. The fraction of sp³-hybridized carbons (Fsp3) is 0.921. The lowest BCUT2D eigenvalue weighted by Crippen LogP contribution is -2.61. The molecule has 9 fully saturated rings. The number of carbonyl (C=O) groups excluding carboxylic acids is 3. The van der Waals surface area contributed by atoms with Crippen molar-refractivity contribution in [1.29, 1.82) is 0 Å². The Labute approximate surface area is 270 Å². The van der Waals surface area contributed by atoms with Crippen LogP contribution in [0.25, 0.3) is 0 Å². The molecule has 1 heterocycles. The first-order valence-corrected chi connectivity index (χ1v) is 18.4. The zero-order valence-corrected chi connectivity index (χ0v) is 29.0. The van der Waals surface area contributed by atoms with E-state index in [1.807, 2.05) is 34.6 Å². The molecule has 0 aromatic heterocycles. The number of esters is 3. The molecule has 1 aliphatic heterocycles. The maximum absolute atomic E-state index is 14.9. The SMILES string of the molecule is CCC1(CC(C)(CC(C)(C)C(=O)OC)C(=O)OC2(CC)C3CC4CC(C3)CC2C4)OC(C)(C23CC4CC(CC(C4)C2)C3)OC1=O. The molecule has 45 heavy (non-hydrogen) atoms. The van der Waals surface area contributed by atoms with Crippen molar-refractivity contribution in [2.75, 3.05) is 7.11 Å². The Morgan fingerprint density at radius 3 is 1.78 bits per heavy atom. The first-order chi connectivity index (χ1) is 21.1. The maximum atomic E-state index is 14.9. The van der Waals surface area contributed by atoms with Gasteiger partial charge in [-0.25, -0.2) is 4.79 Å². The number of ether oxygens (including phenoxy) is 4. The van der Waals surface area contributed by atoms with Crippen LogP contribution in [0.2, 0.25) is 0 Å². The van der Waals surface area contributed by atoms with Crippen LogP contribution in [0.4, 0.5) is 0 Å². The molecule has 0 radical (unpaired) electrons. The topological polar surface area (TPSA) is 88.1 Å². The van der Waals surface area contributed by atoms with Crippen molar-refractivity contribution < 1.29 is 33.3 Å². The van der Waals surface area contributed by atoms with Gasteiger partial charge in [0.25, 0.3) is 0 Å². The molecule has 0 N–H and O–H groups in total. The second-order valence-corrected chi connectivity index (χ2v) is 18.3. The summed E-state index contributed by atoms with van der Waals surface area (Å²) in [5.74, 6) is 2.24. The van der Waals surface area contributed by atoms with E-state index in [2.05, 4.69) is 6.92 Å². The standard InChI is InChI=1S/C38H58O7/c1-8-37(32(41)43-35(6,45-37)36-18-25-11-26(19-36)13-27(12-25)20-36)22-34(5,21-33(3,4)30(39)42-7)31(40)44-38(9-2)28-14-23-10-24(16-28)17-29(38)15-23/h23-29H,8-22H2,1-7H3. The highest BCUT2D eigenvalue weighted by Crippen LogP contribution is 2.67. The number of rotatable bonds is 10. The fourth-order valence-corrected chi connectivity index (χ4v) is 13.3. The van der Waals surface area contributed by atoms with E-state index in [9.17, 15) is 14.4 Å².